The van der Waals surface area contributed by atoms with Gasteiger partial charge in [0.05, 0.1) is 12.7 Å². The molecule has 0 atom stereocenters. The monoisotopic (exact) mass is 202 g/mol. The van der Waals surface area contributed by atoms with Crippen LogP contribution < -0.4 is 5.73 Å². The van der Waals surface area contributed by atoms with Crippen LogP contribution in [0, 0.1) is 0 Å². The summed E-state index contributed by atoms with van der Waals surface area (Å²) < 4.78 is 9.72. The van der Waals surface area contributed by atoms with E-state index in [0.29, 0.717) is 13.2 Å². The van der Waals surface area contributed by atoms with E-state index < -0.39 is 5.97 Å². The van der Waals surface area contributed by atoms with Crippen molar-refractivity contribution in [3.8, 4) is 0 Å². The molecule has 5 nitrogen and oxygen atoms in total. The Hall–Kier alpha value is -1.23. The van der Waals surface area contributed by atoms with Crippen LogP contribution in [0.4, 0.5) is 0 Å². The molecule has 0 unspecified atom stereocenters. The van der Waals surface area contributed by atoms with Gasteiger partial charge in [-0.1, -0.05) is 0 Å². The molecule has 0 radical (unpaired) electrons. The fraction of sp³-hybridized carbons (Fsp3) is 0.667. The second kappa shape index (κ2) is 7.20. The van der Waals surface area contributed by atoms with Crippen LogP contribution in [0.1, 0.15) is 6.92 Å². The van der Waals surface area contributed by atoms with Crippen LogP contribution >= 0.6 is 0 Å². The molecule has 82 valence electrons. The lowest BCUT2D eigenvalue weighted by Gasteiger charge is -2.10. The van der Waals surface area contributed by atoms with Crippen LogP contribution in [0.2, 0.25) is 0 Å². The van der Waals surface area contributed by atoms with E-state index in [1.165, 1.54) is 0 Å². The highest BCUT2D eigenvalue weighted by Crippen LogP contribution is 1.90. The predicted molar refractivity (Wildman–Crippen MR) is 53.4 cm³/mol. The molecule has 0 aromatic heterocycles. The zero-order valence-corrected chi connectivity index (χ0v) is 8.95. The number of rotatable bonds is 6. The van der Waals surface area contributed by atoms with E-state index >= 15 is 0 Å². The molecule has 0 spiro atoms. The van der Waals surface area contributed by atoms with E-state index in [2.05, 4.69) is 4.74 Å². The summed E-state index contributed by atoms with van der Waals surface area (Å²) in [7, 11) is 3.85. The van der Waals surface area contributed by atoms with E-state index in [4.69, 9.17) is 10.5 Å². The Kier molecular flexibility index (Phi) is 6.57. The van der Waals surface area contributed by atoms with Crippen LogP contribution in [-0.2, 0) is 14.3 Å². The molecule has 0 fully saturated rings. The van der Waals surface area contributed by atoms with E-state index in [1.54, 1.807) is 6.92 Å². The quantitative estimate of drug-likeness (QED) is 0.371. The van der Waals surface area contributed by atoms with Crippen molar-refractivity contribution in [3.63, 3.8) is 0 Å². The fourth-order valence-corrected chi connectivity index (χ4v) is 0.688. The highest BCUT2D eigenvalue weighted by Gasteiger charge is 1.99. The van der Waals surface area contributed by atoms with Gasteiger partial charge in [0.1, 0.15) is 6.61 Å². The predicted octanol–water partition coefficient (Wildman–Crippen LogP) is -0.0722. The lowest BCUT2D eigenvalue weighted by molar-refractivity contribution is -0.137. The molecule has 0 rings (SSSR count). The SMILES string of the molecule is CCOC(=O)C=C(N)OCCN(C)C. The van der Waals surface area contributed by atoms with E-state index in [0.717, 1.165) is 12.6 Å². The van der Waals surface area contributed by atoms with E-state index in [-0.39, 0.29) is 5.88 Å². The second-order valence-corrected chi connectivity index (χ2v) is 2.95. The van der Waals surface area contributed by atoms with Crippen molar-refractivity contribution < 1.29 is 14.3 Å². The molecule has 0 saturated carbocycles. The summed E-state index contributed by atoms with van der Waals surface area (Å²) in [6.45, 7) is 3.27. The van der Waals surface area contributed by atoms with Crippen LogP contribution in [0.5, 0.6) is 0 Å². The number of carbonyl (C=O) groups is 1. The normalized spacial score (nSPS) is 11.6. The van der Waals surface area contributed by atoms with Crippen molar-refractivity contribution in [1.82, 2.24) is 4.90 Å². The van der Waals surface area contributed by atoms with Crippen molar-refractivity contribution in [2.24, 2.45) is 5.73 Å². The summed E-state index contributed by atoms with van der Waals surface area (Å²) in [6, 6.07) is 0. The van der Waals surface area contributed by atoms with Crippen LogP contribution in [0.25, 0.3) is 0 Å². The summed E-state index contributed by atoms with van der Waals surface area (Å²) in [5.74, 6) is -0.389. The van der Waals surface area contributed by atoms with Gasteiger partial charge in [0.2, 0.25) is 0 Å². The number of carbonyl (C=O) groups excluding carboxylic acids is 1. The maximum absolute atomic E-state index is 10.9. The minimum atomic E-state index is -0.477. The first-order valence-electron chi connectivity index (χ1n) is 4.47. The Morgan fingerprint density at radius 3 is 2.57 bits per heavy atom. The number of hydrogen-bond acceptors (Lipinski definition) is 5. The average molecular weight is 202 g/mol. The van der Waals surface area contributed by atoms with Gasteiger partial charge in [-0.25, -0.2) is 4.79 Å². The Labute approximate surface area is 84.5 Å². The molecule has 0 aliphatic rings. The molecule has 0 saturated heterocycles. The minimum Gasteiger partial charge on any atom is -0.478 e. The van der Waals surface area contributed by atoms with Gasteiger partial charge in [-0.05, 0) is 21.0 Å². The van der Waals surface area contributed by atoms with Crippen molar-refractivity contribution in [1.29, 1.82) is 0 Å². The van der Waals surface area contributed by atoms with Crippen LogP contribution in [-0.4, -0.2) is 44.7 Å². The molecule has 0 aliphatic carbocycles. The van der Waals surface area contributed by atoms with E-state index in [1.807, 2.05) is 19.0 Å². The maximum Gasteiger partial charge on any atom is 0.336 e. The Morgan fingerprint density at radius 2 is 2.07 bits per heavy atom. The molecule has 5 heteroatoms. The molecule has 2 N–H and O–H groups in total. The standard InChI is InChI=1S/C9H18N2O3/c1-4-13-9(12)7-8(10)14-6-5-11(2)3/h7H,4-6,10H2,1-3H3. The topological polar surface area (TPSA) is 64.8 Å². The molecule has 0 aromatic rings. The van der Waals surface area contributed by atoms with Crippen molar-refractivity contribution in [3.05, 3.63) is 12.0 Å². The number of nitrogens with zero attached hydrogens (tertiary/aromatic N) is 1. The minimum absolute atomic E-state index is 0.0882. The average Bonchev–Trinajstić information content (AvgIpc) is 2.03. The molecule has 0 aliphatic heterocycles. The molecule has 14 heavy (non-hydrogen) atoms. The van der Waals surface area contributed by atoms with Gasteiger partial charge < -0.3 is 20.1 Å². The Morgan fingerprint density at radius 1 is 1.43 bits per heavy atom. The number of nitrogens with two attached hydrogens (primary N) is 1. The van der Waals surface area contributed by atoms with Gasteiger partial charge in [0.15, 0.2) is 5.88 Å². The maximum atomic E-state index is 10.9. The van der Waals surface area contributed by atoms with Gasteiger partial charge in [0, 0.05) is 6.54 Å². The molecular formula is C9H18N2O3. The molecule has 0 aromatic carbocycles. The lowest BCUT2D eigenvalue weighted by Crippen LogP contribution is -2.19. The Balaban J connectivity index is 3.71. The van der Waals surface area contributed by atoms with Gasteiger partial charge >= 0.3 is 5.97 Å². The van der Waals surface area contributed by atoms with Gasteiger partial charge in [-0.2, -0.15) is 0 Å². The third-order valence-electron chi connectivity index (χ3n) is 1.35. The summed E-state index contributed by atoms with van der Waals surface area (Å²) >= 11 is 0. The first kappa shape index (κ1) is 12.8. The largest absolute Gasteiger partial charge is 0.478 e. The highest BCUT2D eigenvalue weighted by atomic mass is 16.5. The van der Waals surface area contributed by atoms with E-state index in [9.17, 15) is 4.79 Å². The molecule has 0 amide bonds. The smallest absolute Gasteiger partial charge is 0.336 e. The summed E-state index contributed by atoms with van der Waals surface area (Å²) in [5.41, 5.74) is 5.41. The fourth-order valence-electron chi connectivity index (χ4n) is 0.688. The van der Waals surface area contributed by atoms with Gasteiger partial charge in [0.25, 0.3) is 0 Å². The first-order valence-corrected chi connectivity index (χ1v) is 4.47. The van der Waals surface area contributed by atoms with Gasteiger partial charge in [-0.3, -0.25) is 0 Å². The first-order chi connectivity index (χ1) is 6.56. The van der Waals surface area contributed by atoms with Crippen LogP contribution in [0.15, 0.2) is 12.0 Å². The van der Waals surface area contributed by atoms with Crippen molar-refractivity contribution >= 4 is 5.97 Å². The van der Waals surface area contributed by atoms with Gasteiger partial charge in [-0.15, -0.1) is 0 Å². The molecular weight excluding hydrogens is 184 g/mol. The third-order valence-corrected chi connectivity index (χ3v) is 1.35. The molecule has 0 heterocycles. The summed E-state index contributed by atoms with van der Waals surface area (Å²) in [5, 5.41) is 0. The van der Waals surface area contributed by atoms with Crippen LogP contribution in [0.3, 0.4) is 0 Å². The van der Waals surface area contributed by atoms with Crippen molar-refractivity contribution in [2.75, 3.05) is 33.9 Å². The lowest BCUT2D eigenvalue weighted by atomic mass is 10.5. The highest BCUT2D eigenvalue weighted by molar-refractivity contribution is 5.82. The number of esters is 1. The summed E-state index contributed by atoms with van der Waals surface area (Å²) in [4.78, 5) is 12.8. The van der Waals surface area contributed by atoms with Crippen molar-refractivity contribution in [2.45, 2.75) is 6.92 Å². The zero-order chi connectivity index (χ0) is 11.0. The second-order valence-electron chi connectivity index (χ2n) is 2.95. The third kappa shape index (κ3) is 7.42. The number of hydrogen-bond donors (Lipinski definition) is 1. The summed E-state index contributed by atoms with van der Waals surface area (Å²) in [6.07, 6.45) is 1.14. The molecule has 0 bridgehead atoms. The zero-order valence-electron chi connectivity index (χ0n) is 8.95. The Bertz CT molecular complexity index is 202. The number of ether oxygens (including phenoxy) is 2. The number of likely N-dealkylation sites (N-methyl/N-ethyl adjacent to an activating group) is 1.